The van der Waals surface area contributed by atoms with Gasteiger partial charge in [0, 0.05) is 62.3 Å². The van der Waals surface area contributed by atoms with Crippen LogP contribution >= 0.6 is 11.3 Å². The lowest BCUT2D eigenvalue weighted by Crippen LogP contribution is -2.42. The summed E-state index contributed by atoms with van der Waals surface area (Å²) in [7, 11) is 3.94. The number of amides is 2. The zero-order valence-corrected chi connectivity index (χ0v) is 19.1. The van der Waals surface area contributed by atoms with Crippen LogP contribution in [0.4, 0.5) is 10.5 Å². The highest BCUT2D eigenvalue weighted by Crippen LogP contribution is 2.19. The van der Waals surface area contributed by atoms with Gasteiger partial charge in [-0.25, -0.2) is 4.79 Å². The molecule has 0 unspecified atom stereocenters. The van der Waals surface area contributed by atoms with Crippen molar-refractivity contribution >= 4 is 28.8 Å². The van der Waals surface area contributed by atoms with E-state index in [-0.39, 0.29) is 18.2 Å². The van der Waals surface area contributed by atoms with E-state index in [0.29, 0.717) is 31.0 Å². The van der Waals surface area contributed by atoms with Gasteiger partial charge in [-0.3, -0.25) is 14.8 Å². The SMILES string of the molecule is CN(C)CCN(Cc1ccc(C(=O)Cc2cscc2N)nc1)C(=O)NCc1ccncc1. The van der Waals surface area contributed by atoms with Gasteiger partial charge in [0.1, 0.15) is 5.69 Å². The number of pyridine rings is 2. The molecule has 3 rings (SSSR count). The number of carbonyl (C=O) groups is 2. The minimum absolute atomic E-state index is 0.0822. The zero-order valence-electron chi connectivity index (χ0n) is 18.3. The number of anilines is 1. The molecule has 168 valence electrons. The number of nitrogens with two attached hydrogens (primary N) is 1. The fourth-order valence-corrected chi connectivity index (χ4v) is 3.76. The topological polar surface area (TPSA) is 104 Å². The number of rotatable bonds is 10. The Balaban J connectivity index is 1.62. The van der Waals surface area contributed by atoms with Crippen molar-refractivity contribution in [1.29, 1.82) is 0 Å². The first-order valence-corrected chi connectivity index (χ1v) is 11.2. The van der Waals surface area contributed by atoms with Crippen molar-refractivity contribution in [2.75, 3.05) is 32.9 Å². The van der Waals surface area contributed by atoms with Gasteiger partial charge in [0.15, 0.2) is 5.78 Å². The molecule has 0 aliphatic heterocycles. The van der Waals surface area contributed by atoms with Crippen molar-refractivity contribution in [2.45, 2.75) is 19.5 Å². The second-order valence-corrected chi connectivity index (χ2v) is 8.49. The molecule has 0 atom stereocenters. The molecule has 0 aliphatic rings. The molecule has 0 aliphatic carbocycles. The van der Waals surface area contributed by atoms with Gasteiger partial charge < -0.3 is 20.9 Å². The molecule has 0 bridgehead atoms. The molecule has 0 saturated heterocycles. The lowest BCUT2D eigenvalue weighted by Gasteiger charge is -2.25. The maximum Gasteiger partial charge on any atom is 0.318 e. The van der Waals surface area contributed by atoms with Crippen molar-refractivity contribution < 1.29 is 9.59 Å². The van der Waals surface area contributed by atoms with Crippen LogP contribution < -0.4 is 11.1 Å². The summed E-state index contributed by atoms with van der Waals surface area (Å²) in [6.45, 7) is 2.12. The van der Waals surface area contributed by atoms with Gasteiger partial charge in [0.25, 0.3) is 0 Å². The summed E-state index contributed by atoms with van der Waals surface area (Å²) < 4.78 is 0. The van der Waals surface area contributed by atoms with Crippen LogP contribution in [0, 0.1) is 0 Å². The van der Waals surface area contributed by atoms with E-state index in [9.17, 15) is 9.59 Å². The lowest BCUT2D eigenvalue weighted by atomic mass is 10.1. The summed E-state index contributed by atoms with van der Waals surface area (Å²) in [6, 6.07) is 7.13. The number of thiophene rings is 1. The number of urea groups is 1. The Hall–Kier alpha value is -3.30. The van der Waals surface area contributed by atoms with Crippen molar-refractivity contribution in [3.63, 3.8) is 0 Å². The van der Waals surface area contributed by atoms with Crippen LogP contribution in [-0.2, 0) is 19.5 Å². The Labute approximate surface area is 192 Å². The second kappa shape index (κ2) is 11.4. The number of hydrogen-bond acceptors (Lipinski definition) is 7. The Morgan fingerprint density at radius 2 is 1.84 bits per heavy atom. The highest BCUT2D eigenvalue weighted by molar-refractivity contribution is 7.08. The molecule has 32 heavy (non-hydrogen) atoms. The highest BCUT2D eigenvalue weighted by atomic mass is 32.1. The van der Waals surface area contributed by atoms with Crippen LogP contribution in [0.1, 0.15) is 27.2 Å². The molecular formula is C23H28N6O2S. The maximum absolute atomic E-state index is 12.8. The van der Waals surface area contributed by atoms with Crippen molar-refractivity contribution in [1.82, 2.24) is 25.1 Å². The summed E-state index contributed by atoms with van der Waals surface area (Å²) >= 11 is 1.48. The lowest BCUT2D eigenvalue weighted by molar-refractivity contribution is 0.0988. The van der Waals surface area contributed by atoms with E-state index in [1.807, 2.05) is 48.0 Å². The number of carbonyl (C=O) groups excluding carboxylic acids is 2. The molecule has 2 amide bonds. The molecule has 3 heterocycles. The molecule has 9 heteroatoms. The quantitative estimate of drug-likeness (QED) is 0.459. The molecule has 0 fully saturated rings. The predicted molar refractivity (Wildman–Crippen MR) is 126 cm³/mol. The van der Waals surface area contributed by atoms with Crippen LogP contribution in [0.2, 0.25) is 0 Å². The summed E-state index contributed by atoms with van der Waals surface area (Å²) in [5, 5.41) is 6.66. The molecule has 8 nitrogen and oxygen atoms in total. The molecule has 0 saturated carbocycles. The summed E-state index contributed by atoms with van der Waals surface area (Å²) in [6.07, 6.45) is 5.29. The fraction of sp³-hybridized carbons (Fsp3) is 0.304. The molecular weight excluding hydrogens is 424 g/mol. The second-order valence-electron chi connectivity index (χ2n) is 7.74. The van der Waals surface area contributed by atoms with Crippen molar-refractivity contribution in [3.05, 3.63) is 76.0 Å². The Morgan fingerprint density at radius 1 is 1.06 bits per heavy atom. The van der Waals surface area contributed by atoms with E-state index in [1.54, 1.807) is 29.6 Å². The van der Waals surface area contributed by atoms with Crippen molar-refractivity contribution in [3.8, 4) is 0 Å². The first-order chi connectivity index (χ1) is 15.4. The molecule has 3 aromatic rings. The number of nitrogen functional groups attached to an aromatic ring is 1. The molecule has 0 spiro atoms. The first kappa shape index (κ1) is 23.4. The number of ketones is 1. The highest BCUT2D eigenvalue weighted by Gasteiger charge is 2.16. The smallest absolute Gasteiger partial charge is 0.318 e. The normalized spacial score (nSPS) is 10.8. The number of likely N-dealkylation sites (N-methyl/N-ethyl adjacent to an activating group) is 1. The van der Waals surface area contributed by atoms with E-state index in [4.69, 9.17) is 5.73 Å². The Kier molecular flexibility index (Phi) is 8.29. The molecule has 3 aromatic heterocycles. The van der Waals surface area contributed by atoms with Gasteiger partial charge in [-0.2, -0.15) is 0 Å². The van der Waals surface area contributed by atoms with E-state index in [2.05, 4.69) is 15.3 Å². The minimum Gasteiger partial charge on any atom is -0.398 e. The molecule has 0 radical (unpaired) electrons. The van der Waals surface area contributed by atoms with Crippen LogP contribution in [0.15, 0.2) is 53.6 Å². The summed E-state index contributed by atoms with van der Waals surface area (Å²) in [4.78, 5) is 37.4. The first-order valence-electron chi connectivity index (χ1n) is 10.3. The average molecular weight is 453 g/mol. The number of hydrogen-bond donors (Lipinski definition) is 2. The fourth-order valence-electron chi connectivity index (χ4n) is 3.01. The van der Waals surface area contributed by atoms with E-state index < -0.39 is 0 Å². The third-order valence-corrected chi connectivity index (χ3v) is 5.72. The van der Waals surface area contributed by atoms with Crippen LogP contribution in [0.3, 0.4) is 0 Å². The summed E-state index contributed by atoms with van der Waals surface area (Å²) in [5.74, 6) is -0.0822. The minimum atomic E-state index is -0.156. The van der Waals surface area contributed by atoms with Gasteiger partial charge in [-0.1, -0.05) is 6.07 Å². The number of Topliss-reactive ketones (excluding diaryl/α,β-unsaturated/α-hetero) is 1. The number of nitrogens with one attached hydrogen (secondary N) is 1. The van der Waals surface area contributed by atoms with Crippen LogP contribution in [-0.4, -0.2) is 58.8 Å². The van der Waals surface area contributed by atoms with Gasteiger partial charge >= 0.3 is 6.03 Å². The van der Waals surface area contributed by atoms with E-state index in [0.717, 1.165) is 23.2 Å². The van der Waals surface area contributed by atoms with Crippen LogP contribution in [0.5, 0.6) is 0 Å². The number of nitrogens with zero attached hydrogens (tertiary/aromatic N) is 4. The predicted octanol–water partition coefficient (Wildman–Crippen LogP) is 2.82. The third-order valence-electron chi connectivity index (χ3n) is 4.91. The van der Waals surface area contributed by atoms with Crippen LogP contribution in [0.25, 0.3) is 0 Å². The largest absolute Gasteiger partial charge is 0.398 e. The zero-order chi connectivity index (χ0) is 22.9. The monoisotopic (exact) mass is 452 g/mol. The van der Waals surface area contributed by atoms with Gasteiger partial charge in [-0.15, -0.1) is 11.3 Å². The van der Waals surface area contributed by atoms with E-state index >= 15 is 0 Å². The molecule has 3 N–H and O–H groups in total. The third kappa shape index (κ3) is 6.86. The van der Waals surface area contributed by atoms with Gasteiger partial charge in [-0.05, 0) is 54.4 Å². The maximum atomic E-state index is 12.8. The van der Waals surface area contributed by atoms with Gasteiger partial charge in [0.2, 0.25) is 0 Å². The standard InChI is InChI=1S/C23H28N6O2S/c1-28(2)9-10-29(23(31)27-12-17-5-7-25-8-6-17)14-18-3-4-21(26-13-18)22(30)11-19-15-32-16-20(19)24/h3-8,13,15-16H,9-12,14,24H2,1-2H3,(H,27,31). The van der Waals surface area contributed by atoms with Gasteiger partial charge in [0.05, 0.1) is 0 Å². The number of aromatic nitrogens is 2. The summed E-state index contributed by atoms with van der Waals surface area (Å²) in [5.41, 5.74) is 9.56. The Morgan fingerprint density at radius 3 is 2.47 bits per heavy atom. The van der Waals surface area contributed by atoms with E-state index in [1.165, 1.54) is 11.3 Å². The average Bonchev–Trinajstić information content (AvgIpc) is 3.20. The van der Waals surface area contributed by atoms with Crippen molar-refractivity contribution in [2.24, 2.45) is 0 Å². The molecule has 0 aromatic carbocycles. The Bertz CT molecular complexity index is 1020.